The summed E-state index contributed by atoms with van der Waals surface area (Å²) in [6.45, 7) is 0. The number of benzene rings is 1. The van der Waals surface area contributed by atoms with Crippen molar-refractivity contribution in [1.82, 2.24) is 10.6 Å². The Labute approximate surface area is 175 Å². The largest absolute Gasteiger partial charge is 0.353 e. The molecule has 0 heterocycles. The fourth-order valence-corrected chi connectivity index (χ4v) is 5.31. The third-order valence-electron chi connectivity index (χ3n) is 7.25. The van der Waals surface area contributed by atoms with Gasteiger partial charge in [0.2, 0.25) is 11.8 Å². The van der Waals surface area contributed by atoms with Crippen molar-refractivity contribution in [2.75, 3.05) is 0 Å². The van der Waals surface area contributed by atoms with Crippen LogP contribution in [0.2, 0.25) is 0 Å². The van der Waals surface area contributed by atoms with Gasteiger partial charge < -0.3 is 10.6 Å². The van der Waals surface area contributed by atoms with Crippen LogP contribution in [0.4, 0.5) is 0 Å². The van der Waals surface area contributed by atoms with Crippen LogP contribution in [0, 0.1) is 17.8 Å². The van der Waals surface area contributed by atoms with E-state index in [9.17, 15) is 9.59 Å². The monoisotopic (exact) mass is 396 g/mol. The average Bonchev–Trinajstić information content (AvgIpc) is 3.46. The fourth-order valence-electron chi connectivity index (χ4n) is 5.31. The smallest absolute Gasteiger partial charge is 0.223 e. The van der Waals surface area contributed by atoms with E-state index in [4.69, 9.17) is 0 Å². The van der Waals surface area contributed by atoms with E-state index in [0.717, 1.165) is 38.5 Å². The van der Waals surface area contributed by atoms with Gasteiger partial charge in [-0.2, -0.15) is 0 Å². The standard InChI is InChI=1S/C25H36N2O2/c28-24(16-19-9-5-2-6-10-19)26-22-13-11-20(12-14-22)25(29)27-23-17-21(23)15-18-7-3-1-4-8-18/h1,3-4,7-8,19-23H,2,5-6,9-17H2,(H,26,28)(H,27,29). The molecule has 158 valence electrons. The Bertz CT molecular complexity index is 675. The van der Waals surface area contributed by atoms with Crippen LogP contribution in [0.25, 0.3) is 0 Å². The van der Waals surface area contributed by atoms with E-state index < -0.39 is 0 Å². The highest BCUT2D eigenvalue weighted by molar-refractivity contribution is 5.79. The second-order valence-electron chi connectivity index (χ2n) is 9.62. The van der Waals surface area contributed by atoms with Gasteiger partial charge >= 0.3 is 0 Å². The number of hydrogen-bond donors (Lipinski definition) is 2. The molecule has 0 saturated heterocycles. The van der Waals surface area contributed by atoms with Crippen molar-refractivity contribution >= 4 is 11.8 Å². The highest BCUT2D eigenvalue weighted by atomic mass is 16.2. The molecule has 4 rings (SSSR count). The van der Waals surface area contributed by atoms with Crippen LogP contribution in [-0.4, -0.2) is 23.9 Å². The van der Waals surface area contributed by atoms with Gasteiger partial charge in [-0.25, -0.2) is 0 Å². The molecule has 3 saturated carbocycles. The zero-order chi connectivity index (χ0) is 20.1. The van der Waals surface area contributed by atoms with Gasteiger partial charge in [0.25, 0.3) is 0 Å². The summed E-state index contributed by atoms with van der Waals surface area (Å²) in [5.41, 5.74) is 1.36. The lowest BCUT2D eigenvalue weighted by atomic mass is 9.84. The van der Waals surface area contributed by atoms with Gasteiger partial charge in [0.1, 0.15) is 0 Å². The zero-order valence-electron chi connectivity index (χ0n) is 17.6. The van der Waals surface area contributed by atoms with E-state index in [1.807, 2.05) is 6.07 Å². The molecule has 4 nitrogen and oxygen atoms in total. The maximum Gasteiger partial charge on any atom is 0.223 e. The molecule has 3 aliphatic carbocycles. The van der Waals surface area contributed by atoms with Gasteiger partial charge in [-0.3, -0.25) is 9.59 Å². The van der Waals surface area contributed by atoms with Crippen LogP contribution >= 0.6 is 0 Å². The molecule has 2 atom stereocenters. The first kappa shape index (κ1) is 20.4. The summed E-state index contributed by atoms with van der Waals surface area (Å²) >= 11 is 0. The predicted molar refractivity (Wildman–Crippen MR) is 115 cm³/mol. The molecule has 3 fully saturated rings. The summed E-state index contributed by atoms with van der Waals surface area (Å²) in [6, 6.07) is 11.2. The lowest BCUT2D eigenvalue weighted by molar-refractivity contribution is -0.126. The summed E-state index contributed by atoms with van der Waals surface area (Å²) in [5.74, 6) is 1.77. The van der Waals surface area contributed by atoms with Gasteiger partial charge in [0, 0.05) is 24.4 Å². The summed E-state index contributed by atoms with van der Waals surface area (Å²) in [4.78, 5) is 25.0. The topological polar surface area (TPSA) is 58.2 Å². The van der Waals surface area contributed by atoms with Gasteiger partial charge in [-0.1, -0.05) is 49.6 Å². The third-order valence-corrected chi connectivity index (χ3v) is 7.25. The van der Waals surface area contributed by atoms with Gasteiger partial charge in [-0.15, -0.1) is 0 Å². The summed E-state index contributed by atoms with van der Waals surface area (Å²) in [5, 5.41) is 6.52. The van der Waals surface area contributed by atoms with Crippen LogP contribution in [-0.2, 0) is 16.0 Å². The summed E-state index contributed by atoms with van der Waals surface area (Å²) in [7, 11) is 0. The minimum absolute atomic E-state index is 0.125. The average molecular weight is 397 g/mol. The Morgan fingerprint density at radius 3 is 2.31 bits per heavy atom. The van der Waals surface area contributed by atoms with E-state index >= 15 is 0 Å². The summed E-state index contributed by atoms with van der Waals surface area (Å²) < 4.78 is 0. The number of amides is 2. The van der Waals surface area contributed by atoms with Gasteiger partial charge in [0.15, 0.2) is 0 Å². The van der Waals surface area contributed by atoms with Crippen molar-refractivity contribution in [3.05, 3.63) is 35.9 Å². The van der Waals surface area contributed by atoms with Crippen molar-refractivity contribution in [3.8, 4) is 0 Å². The van der Waals surface area contributed by atoms with E-state index in [1.54, 1.807) is 0 Å². The van der Waals surface area contributed by atoms with Crippen LogP contribution in [0.5, 0.6) is 0 Å². The lowest BCUT2D eigenvalue weighted by Gasteiger charge is -2.29. The maximum atomic E-state index is 12.6. The Morgan fingerprint density at radius 2 is 1.59 bits per heavy atom. The van der Waals surface area contributed by atoms with Crippen molar-refractivity contribution in [2.24, 2.45) is 17.8 Å². The maximum absolute atomic E-state index is 12.6. The lowest BCUT2D eigenvalue weighted by Crippen LogP contribution is -2.42. The van der Waals surface area contributed by atoms with Crippen molar-refractivity contribution in [2.45, 2.75) is 89.1 Å². The van der Waals surface area contributed by atoms with E-state index in [0.29, 0.717) is 24.3 Å². The highest BCUT2D eigenvalue weighted by Crippen LogP contribution is 2.35. The number of hydrogen-bond acceptors (Lipinski definition) is 2. The molecule has 4 heteroatoms. The van der Waals surface area contributed by atoms with Crippen molar-refractivity contribution < 1.29 is 9.59 Å². The Hall–Kier alpha value is -1.84. The predicted octanol–water partition coefficient (Wildman–Crippen LogP) is 4.38. The van der Waals surface area contributed by atoms with Gasteiger partial charge in [0.05, 0.1) is 0 Å². The first-order chi connectivity index (χ1) is 14.2. The normalized spacial score (nSPS) is 29.8. The molecule has 0 spiro atoms. The molecular weight excluding hydrogens is 360 g/mol. The Kier molecular flexibility index (Phi) is 6.89. The SMILES string of the molecule is O=C(CC1CCCCC1)NC1CCC(C(=O)NC2CC2Cc2ccccc2)CC1. The van der Waals surface area contributed by atoms with Gasteiger partial charge in [-0.05, 0) is 68.8 Å². The zero-order valence-corrected chi connectivity index (χ0v) is 17.6. The highest BCUT2D eigenvalue weighted by Gasteiger charge is 2.39. The molecule has 0 aliphatic heterocycles. The molecule has 2 amide bonds. The number of carbonyl (C=O) groups excluding carboxylic acids is 2. The number of rotatable bonds is 7. The molecule has 2 unspecified atom stereocenters. The fraction of sp³-hybridized carbons (Fsp3) is 0.680. The van der Waals surface area contributed by atoms with Crippen LogP contribution < -0.4 is 10.6 Å². The van der Waals surface area contributed by atoms with E-state index in [-0.39, 0.29) is 23.8 Å². The van der Waals surface area contributed by atoms with Crippen LogP contribution in [0.1, 0.15) is 76.2 Å². The second kappa shape index (κ2) is 9.77. The third kappa shape index (κ3) is 6.07. The second-order valence-corrected chi connectivity index (χ2v) is 9.62. The molecule has 0 bridgehead atoms. The minimum atomic E-state index is 0.125. The molecule has 1 aromatic rings. The Morgan fingerprint density at radius 1 is 0.862 bits per heavy atom. The quantitative estimate of drug-likeness (QED) is 0.719. The minimum Gasteiger partial charge on any atom is -0.353 e. The number of carbonyl (C=O) groups is 2. The molecule has 29 heavy (non-hydrogen) atoms. The van der Waals surface area contributed by atoms with E-state index in [1.165, 1.54) is 37.7 Å². The van der Waals surface area contributed by atoms with Crippen LogP contribution in [0.3, 0.4) is 0 Å². The Balaban J connectivity index is 1.12. The molecular formula is C25H36N2O2. The molecule has 0 radical (unpaired) electrons. The first-order valence-electron chi connectivity index (χ1n) is 11.8. The summed E-state index contributed by atoms with van der Waals surface area (Å²) in [6.07, 6.45) is 12.9. The van der Waals surface area contributed by atoms with E-state index in [2.05, 4.69) is 34.9 Å². The molecule has 1 aromatic carbocycles. The van der Waals surface area contributed by atoms with Crippen molar-refractivity contribution in [1.29, 1.82) is 0 Å². The molecule has 3 aliphatic rings. The first-order valence-corrected chi connectivity index (χ1v) is 11.8. The number of nitrogens with one attached hydrogen (secondary N) is 2. The molecule has 2 N–H and O–H groups in total. The van der Waals surface area contributed by atoms with Crippen LogP contribution in [0.15, 0.2) is 30.3 Å². The molecule has 0 aromatic heterocycles. The van der Waals surface area contributed by atoms with Crippen molar-refractivity contribution in [3.63, 3.8) is 0 Å².